The summed E-state index contributed by atoms with van der Waals surface area (Å²) in [6, 6.07) is 17.0. The second kappa shape index (κ2) is 8.33. The topological polar surface area (TPSA) is 56.5 Å². The second-order valence-corrected chi connectivity index (χ2v) is 5.63. The molecule has 0 bridgehead atoms. The quantitative estimate of drug-likeness (QED) is 0.854. The Morgan fingerprint density at radius 3 is 2.52 bits per heavy atom. The summed E-state index contributed by atoms with van der Waals surface area (Å²) in [6.45, 7) is 3.83. The van der Waals surface area contributed by atoms with E-state index >= 15 is 0 Å². The van der Waals surface area contributed by atoms with Crippen molar-refractivity contribution < 1.29 is 9.84 Å². The fourth-order valence-corrected chi connectivity index (χ4v) is 2.30. The number of aliphatic hydroxyl groups excluding tert-OH is 1. The van der Waals surface area contributed by atoms with Crippen LogP contribution in [0.4, 0.5) is 0 Å². The number of hydrogen-bond acceptors (Lipinski definition) is 4. The summed E-state index contributed by atoms with van der Waals surface area (Å²) >= 11 is 0. The molecule has 23 heavy (non-hydrogen) atoms. The molecule has 0 aliphatic rings. The highest BCUT2D eigenvalue weighted by Gasteiger charge is 2.11. The molecule has 0 radical (unpaired) electrons. The van der Waals surface area contributed by atoms with Crippen LogP contribution in [0.3, 0.4) is 0 Å². The van der Waals surface area contributed by atoms with Crippen molar-refractivity contribution in [1.29, 1.82) is 5.26 Å². The Bertz CT molecular complexity index is 662. The average molecular weight is 310 g/mol. The van der Waals surface area contributed by atoms with Gasteiger partial charge in [0.05, 0.1) is 17.7 Å². The molecule has 120 valence electrons. The van der Waals surface area contributed by atoms with Crippen molar-refractivity contribution in [2.24, 2.45) is 0 Å². The van der Waals surface area contributed by atoms with E-state index in [0.29, 0.717) is 18.7 Å². The van der Waals surface area contributed by atoms with E-state index in [1.54, 1.807) is 24.3 Å². The van der Waals surface area contributed by atoms with Crippen molar-refractivity contribution in [1.82, 2.24) is 4.90 Å². The third kappa shape index (κ3) is 5.10. The zero-order valence-corrected chi connectivity index (χ0v) is 13.6. The number of rotatable bonds is 7. The predicted molar refractivity (Wildman–Crippen MR) is 90.3 cm³/mol. The van der Waals surface area contributed by atoms with Gasteiger partial charge in [-0.15, -0.1) is 0 Å². The number of aryl methyl sites for hydroxylation is 1. The Labute approximate surface area is 137 Å². The van der Waals surface area contributed by atoms with Crippen LogP contribution in [0.2, 0.25) is 0 Å². The average Bonchev–Trinajstić information content (AvgIpc) is 2.56. The Hall–Kier alpha value is -2.35. The van der Waals surface area contributed by atoms with Gasteiger partial charge in [0.15, 0.2) is 0 Å². The van der Waals surface area contributed by atoms with Crippen LogP contribution in [0.15, 0.2) is 48.5 Å². The van der Waals surface area contributed by atoms with Crippen LogP contribution in [-0.4, -0.2) is 36.8 Å². The number of likely N-dealkylation sites (N-methyl/N-ethyl adjacent to an activating group) is 1. The van der Waals surface area contributed by atoms with Crippen molar-refractivity contribution in [3.8, 4) is 11.8 Å². The Balaban J connectivity index is 1.78. The highest BCUT2D eigenvalue weighted by Crippen LogP contribution is 2.17. The molecule has 0 aromatic heterocycles. The number of ether oxygens (including phenoxy) is 1. The van der Waals surface area contributed by atoms with Gasteiger partial charge in [-0.2, -0.15) is 5.26 Å². The van der Waals surface area contributed by atoms with Crippen molar-refractivity contribution in [3.05, 3.63) is 65.2 Å². The molecule has 2 aromatic rings. The van der Waals surface area contributed by atoms with Crippen LogP contribution >= 0.6 is 0 Å². The van der Waals surface area contributed by atoms with Crippen LogP contribution in [-0.2, 0) is 0 Å². The predicted octanol–water partition coefficient (Wildman–Crippen LogP) is 2.91. The van der Waals surface area contributed by atoms with E-state index in [4.69, 9.17) is 10.00 Å². The van der Waals surface area contributed by atoms with Crippen LogP contribution in [0.5, 0.6) is 5.75 Å². The molecule has 1 atom stereocenters. The van der Waals surface area contributed by atoms with E-state index in [-0.39, 0.29) is 0 Å². The lowest BCUT2D eigenvalue weighted by Crippen LogP contribution is -2.29. The first kappa shape index (κ1) is 17.0. The van der Waals surface area contributed by atoms with E-state index in [2.05, 4.69) is 6.07 Å². The molecule has 4 nitrogen and oxygen atoms in total. The van der Waals surface area contributed by atoms with Gasteiger partial charge in [0.2, 0.25) is 0 Å². The maximum atomic E-state index is 10.2. The lowest BCUT2D eigenvalue weighted by molar-refractivity contribution is 0.117. The smallest absolute Gasteiger partial charge is 0.122 e. The lowest BCUT2D eigenvalue weighted by atomic mass is 10.1. The zero-order valence-electron chi connectivity index (χ0n) is 13.6. The number of benzene rings is 2. The SMILES string of the molecule is Cc1ccccc1OCCN(C)CC(O)c1ccc(C#N)cc1. The van der Waals surface area contributed by atoms with Crippen LogP contribution in [0.25, 0.3) is 0 Å². The van der Waals surface area contributed by atoms with E-state index in [9.17, 15) is 5.11 Å². The van der Waals surface area contributed by atoms with E-state index < -0.39 is 6.10 Å². The van der Waals surface area contributed by atoms with Gasteiger partial charge in [-0.3, -0.25) is 0 Å². The minimum Gasteiger partial charge on any atom is -0.492 e. The van der Waals surface area contributed by atoms with Crippen LogP contribution in [0.1, 0.15) is 22.8 Å². The summed E-state index contributed by atoms with van der Waals surface area (Å²) in [6.07, 6.45) is -0.578. The standard InChI is InChI=1S/C19H22N2O2/c1-15-5-3-4-6-19(15)23-12-11-21(2)14-18(22)17-9-7-16(13-20)8-10-17/h3-10,18,22H,11-12,14H2,1-2H3. The van der Waals surface area contributed by atoms with Crippen LogP contribution < -0.4 is 4.74 Å². The summed E-state index contributed by atoms with van der Waals surface area (Å²) in [5.41, 5.74) is 2.53. The fourth-order valence-electron chi connectivity index (χ4n) is 2.30. The summed E-state index contributed by atoms with van der Waals surface area (Å²) in [5, 5.41) is 19.0. The van der Waals surface area contributed by atoms with Crippen LogP contribution in [0, 0.1) is 18.3 Å². The van der Waals surface area contributed by atoms with Gasteiger partial charge in [0.25, 0.3) is 0 Å². The molecule has 0 aliphatic heterocycles. The molecule has 0 heterocycles. The summed E-state index contributed by atoms with van der Waals surface area (Å²) in [5.74, 6) is 0.897. The first-order chi connectivity index (χ1) is 11.1. The highest BCUT2D eigenvalue weighted by atomic mass is 16.5. The molecule has 0 saturated heterocycles. The molecule has 1 N–H and O–H groups in total. The largest absolute Gasteiger partial charge is 0.492 e. The molecule has 0 aliphatic carbocycles. The molecule has 2 rings (SSSR count). The minimum atomic E-state index is -0.578. The van der Waals surface area contributed by atoms with Gasteiger partial charge < -0.3 is 14.7 Å². The monoisotopic (exact) mass is 310 g/mol. The molecule has 0 fully saturated rings. The van der Waals surface area contributed by atoms with E-state index in [1.165, 1.54) is 0 Å². The fraction of sp³-hybridized carbons (Fsp3) is 0.316. The van der Waals surface area contributed by atoms with Crippen molar-refractivity contribution >= 4 is 0 Å². The van der Waals surface area contributed by atoms with Crippen molar-refractivity contribution in [2.45, 2.75) is 13.0 Å². The summed E-state index contributed by atoms with van der Waals surface area (Å²) in [7, 11) is 1.95. The highest BCUT2D eigenvalue weighted by molar-refractivity contribution is 5.33. The number of nitriles is 1. The zero-order chi connectivity index (χ0) is 16.7. The maximum absolute atomic E-state index is 10.2. The molecule has 1 unspecified atom stereocenters. The number of hydrogen-bond donors (Lipinski definition) is 1. The van der Waals surface area contributed by atoms with Gasteiger partial charge in [-0.05, 0) is 43.3 Å². The van der Waals surface area contributed by atoms with Gasteiger partial charge in [0.1, 0.15) is 12.4 Å². The minimum absolute atomic E-state index is 0.517. The Morgan fingerprint density at radius 2 is 1.87 bits per heavy atom. The van der Waals surface area contributed by atoms with Gasteiger partial charge in [-0.25, -0.2) is 0 Å². The molecule has 2 aromatic carbocycles. The molecule has 0 saturated carbocycles. The third-order valence-corrected chi connectivity index (χ3v) is 3.73. The molecule has 4 heteroatoms. The molecular formula is C19H22N2O2. The van der Waals surface area contributed by atoms with E-state index in [1.807, 2.05) is 43.1 Å². The summed E-state index contributed by atoms with van der Waals surface area (Å²) in [4.78, 5) is 2.03. The lowest BCUT2D eigenvalue weighted by Gasteiger charge is -2.21. The van der Waals surface area contributed by atoms with Crippen molar-refractivity contribution in [2.75, 3.05) is 26.7 Å². The third-order valence-electron chi connectivity index (χ3n) is 3.73. The molecule has 0 spiro atoms. The van der Waals surface area contributed by atoms with E-state index in [0.717, 1.165) is 23.4 Å². The number of nitrogens with zero attached hydrogens (tertiary/aromatic N) is 2. The number of aliphatic hydroxyl groups is 1. The second-order valence-electron chi connectivity index (χ2n) is 5.63. The Kier molecular flexibility index (Phi) is 6.16. The van der Waals surface area contributed by atoms with Gasteiger partial charge >= 0.3 is 0 Å². The van der Waals surface area contributed by atoms with Crippen molar-refractivity contribution in [3.63, 3.8) is 0 Å². The first-order valence-electron chi connectivity index (χ1n) is 7.65. The first-order valence-corrected chi connectivity index (χ1v) is 7.65. The number of para-hydroxylation sites is 1. The normalized spacial score (nSPS) is 12.0. The maximum Gasteiger partial charge on any atom is 0.122 e. The van der Waals surface area contributed by atoms with Gasteiger partial charge in [0, 0.05) is 13.1 Å². The Morgan fingerprint density at radius 1 is 1.17 bits per heavy atom. The summed E-state index contributed by atoms with van der Waals surface area (Å²) < 4.78 is 5.77. The molecular weight excluding hydrogens is 288 g/mol. The van der Waals surface area contributed by atoms with Gasteiger partial charge in [-0.1, -0.05) is 30.3 Å². The molecule has 0 amide bonds.